The van der Waals surface area contributed by atoms with Gasteiger partial charge in [-0.2, -0.15) is 0 Å². The Hall–Kier alpha value is -0.190. The second-order valence-corrected chi connectivity index (χ2v) is 13.1. The molecule has 1 rings (SSSR count). The molecule has 0 fully saturated rings. The van der Waals surface area contributed by atoms with E-state index in [1.165, 1.54) is 0 Å². The van der Waals surface area contributed by atoms with Gasteiger partial charge in [0.15, 0.2) is 5.40 Å². The molecular formula is C20H35ClO6P2. The van der Waals surface area contributed by atoms with Gasteiger partial charge in [0.05, 0.1) is 24.4 Å². The van der Waals surface area contributed by atoms with E-state index in [0.29, 0.717) is 5.02 Å². The van der Waals surface area contributed by atoms with Crippen LogP contribution in [-0.4, -0.2) is 29.8 Å². The monoisotopic (exact) mass is 468 g/mol. The molecule has 0 aliphatic rings. The Balaban J connectivity index is 3.56. The first-order valence-electron chi connectivity index (χ1n) is 9.95. The van der Waals surface area contributed by atoms with Crippen LogP contribution >= 0.6 is 26.8 Å². The second kappa shape index (κ2) is 11.4. The summed E-state index contributed by atoms with van der Waals surface area (Å²) in [4.78, 5) is 0. The van der Waals surface area contributed by atoms with Crippen molar-refractivity contribution < 1.29 is 27.2 Å². The lowest BCUT2D eigenvalue weighted by Crippen LogP contribution is -2.25. The zero-order valence-corrected chi connectivity index (χ0v) is 21.2. The normalized spacial score (nSPS) is 13.4. The van der Waals surface area contributed by atoms with Crippen LogP contribution in [0.3, 0.4) is 0 Å². The van der Waals surface area contributed by atoms with Crippen molar-refractivity contribution in [3.05, 3.63) is 34.9 Å². The first-order valence-corrected chi connectivity index (χ1v) is 13.5. The molecule has 9 heteroatoms. The largest absolute Gasteiger partial charge is 0.346 e. The molecule has 0 heterocycles. The highest BCUT2D eigenvalue weighted by Crippen LogP contribution is 2.72. The Kier molecular flexibility index (Phi) is 10.6. The molecule has 0 spiro atoms. The van der Waals surface area contributed by atoms with Crippen molar-refractivity contribution in [2.24, 2.45) is 0 Å². The van der Waals surface area contributed by atoms with E-state index in [-0.39, 0.29) is 6.42 Å². The lowest BCUT2D eigenvalue weighted by atomic mass is 10.2. The summed E-state index contributed by atoms with van der Waals surface area (Å²) in [5, 5.41) is -0.545. The molecule has 0 bridgehead atoms. The predicted molar refractivity (Wildman–Crippen MR) is 119 cm³/mol. The zero-order chi connectivity index (χ0) is 22.4. The van der Waals surface area contributed by atoms with Gasteiger partial charge in [0.2, 0.25) is 0 Å². The Bertz CT molecular complexity index is 652. The second-order valence-electron chi connectivity index (χ2n) is 8.01. The van der Waals surface area contributed by atoms with Crippen molar-refractivity contribution in [2.75, 3.05) is 0 Å². The van der Waals surface area contributed by atoms with Crippen molar-refractivity contribution >= 4 is 26.8 Å². The molecule has 0 atom stereocenters. The van der Waals surface area contributed by atoms with E-state index in [4.69, 9.17) is 29.7 Å². The first kappa shape index (κ1) is 26.8. The number of rotatable bonds is 12. The zero-order valence-electron chi connectivity index (χ0n) is 18.6. The van der Waals surface area contributed by atoms with Crippen LogP contribution in [-0.2, 0) is 33.6 Å². The lowest BCUT2D eigenvalue weighted by molar-refractivity contribution is 0.122. The summed E-state index contributed by atoms with van der Waals surface area (Å²) >= 11 is 6.00. The molecule has 6 nitrogen and oxygen atoms in total. The van der Waals surface area contributed by atoms with Gasteiger partial charge in [-0.25, -0.2) is 0 Å². The van der Waals surface area contributed by atoms with E-state index in [1.807, 2.05) is 0 Å². The van der Waals surface area contributed by atoms with Crippen molar-refractivity contribution in [3.63, 3.8) is 0 Å². The summed E-state index contributed by atoms with van der Waals surface area (Å²) in [6, 6.07) is 7.03. The molecule has 0 saturated heterocycles. The van der Waals surface area contributed by atoms with E-state index in [0.717, 1.165) is 5.56 Å². The molecule has 0 N–H and O–H groups in total. The number of hydrogen-bond donors (Lipinski definition) is 0. The van der Waals surface area contributed by atoms with Gasteiger partial charge < -0.3 is 18.1 Å². The van der Waals surface area contributed by atoms with Gasteiger partial charge in [-0.15, -0.1) is 0 Å². The Labute approximate surface area is 180 Å². The van der Waals surface area contributed by atoms with Crippen molar-refractivity contribution in [3.8, 4) is 0 Å². The molecule has 0 aliphatic heterocycles. The molecule has 0 saturated carbocycles. The van der Waals surface area contributed by atoms with Crippen LogP contribution in [0.15, 0.2) is 24.3 Å². The Morgan fingerprint density at radius 2 is 1.00 bits per heavy atom. The van der Waals surface area contributed by atoms with Gasteiger partial charge in [0.1, 0.15) is 0 Å². The third kappa shape index (κ3) is 8.83. The van der Waals surface area contributed by atoms with Crippen molar-refractivity contribution in [1.29, 1.82) is 0 Å². The average Bonchev–Trinajstić information content (AvgIpc) is 2.50. The van der Waals surface area contributed by atoms with E-state index in [2.05, 4.69) is 0 Å². The minimum Gasteiger partial charge on any atom is -0.305 e. The average molecular weight is 469 g/mol. The molecule has 1 aromatic rings. The molecule has 0 amide bonds. The maximum Gasteiger partial charge on any atom is 0.346 e. The van der Waals surface area contributed by atoms with E-state index >= 15 is 0 Å². The molecule has 0 radical (unpaired) electrons. The summed E-state index contributed by atoms with van der Waals surface area (Å²) in [5.74, 6) is 0. The number of benzene rings is 1. The summed E-state index contributed by atoms with van der Waals surface area (Å²) in [6.45, 7) is 14.1. The molecule has 0 aliphatic carbocycles. The highest BCUT2D eigenvalue weighted by molar-refractivity contribution is 7.72. The Morgan fingerprint density at radius 3 is 1.28 bits per heavy atom. The Morgan fingerprint density at radius 1 is 0.690 bits per heavy atom. The fourth-order valence-electron chi connectivity index (χ4n) is 2.73. The molecule has 168 valence electrons. The third-order valence-electron chi connectivity index (χ3n) is 3.49. The van der Waals surface area contributed by atoms with Gasteiger partial charge >= 0.3 is 15.2 Å². The molecular weight excluding hydrogens is 434 g/mol. The van der Waals surface area contributed by atoms with Crippen LogP contribution in [0.4, 0.5) is 0 Å². The smallest absolute Gasteiger partial charge is 0.305 e. The highest BCUT2D eigenvalue weighted by Gasteiger charge is 2.52. The van der Waals surface area contributed by atoms with Crippen LogP contribution in [0.25, 0.3) is 0 Å². The SMILES string of the molecule is CC(C)OP(=O)(OC(C)C)C(Cc1ccc(Cl)cc1)P(=O)(OC(C)C)OC(C)C. The van der Waals surface area contributed by atoms with E-state index in [9.17, 15) is 9.13 Å². The van der Waals surface area contributed by atoms with Crippen molar-refractivity contribution in [2.45, 2.75) is 91.6 Å². The van der Waals surface area contributed by atoms with Gasteiger partial charge in [-0.3, -0.25) is 9.13 Å². The standard InChI is InChI=1S/C20H35ClO6P2/c1-14(2)24-28(22,25-15(3)4)20(13-18-9-11-19(21)12-10-18)29(23,26-16(5)6)27-17(7)8/h9-12,14-17,20H,13H2,1-8H3. The highest BCUT2D eigenvalue weighted by atomic mass is 35.5. The fraction of sp³-hybridized carbons (Fsp3) is 0.700. The maximum atomic E-state index is 14.0. The molecule has 0 aromatic heterocycles. The maximum absolute atomic E-state index is 14.0. The topological polar surface area (TPSA) is 71.1 Å². The van der Waals surface area contributed by atoms with Gasteiger partial charge in [-0.1, -0.05) is 23.7 Å². The fourth-order valence-corrected chi connectivity index (χ4v) is 8.78. The number of halogens is 1. The summed E-state index contributed by atoms with van der Waals surface area (Å²) in [6.07, 6.45) is -1.49. The van der Waals surface area contributed by atoms with Crippen LogP contribution in [0, 0.1) is 0 Å². The van der Waals surface area contributed by atoms with Gasteiger partial charge in [0, 0.05) is 5.02 Å². The molecule has 0 unspecified atom stereocenters. The van der Waals surface area contributed by atoms with Crippen LogP contribution in [0.2, 0.25) is 5.02 Å². The summed E-state index contributed by atoms with van der Waals surface area (Å²) in [7, 11) is -7.80. The summed E-state index contributed by atoms with van der Waals surface area (Å²) in [5.41, 5.74) is 0.777. The van der Waals surface area contributed by atoms with E-state index < -0.39 is 45.0 Å². The van der Waals surface area contributed by atoms with Gasteiger partial charge in [-0.05, 0) is 79.5 Å². The molecule has 29 heavy (non-hydrogen) atoms. The van der Waals surface area contributed by atoms with Crippen LogP contribution in [0.1, 0.15) is 61.0 Å². The number of hydrogen-bond acceptors (Lipinski definition) is 6. The first-order chi connectivity index (χ1) is 13.3. The summed E-state index contributed by atoms with van der Waals surface area (Å²) < 4.78 is 51.2. The van der Waals surface area contributed by atoms with Crippen LogP contribution in [0.5, 0.6) is 0 Å². The van der Waals surface area contributed by atoms with Crippen molar-refractivity contribution in [1.82, 2.24) is 0 Å². The lowest BCUT2D eigenvalue weighted by Gasteiger charge is -2.35. The third-order valence-corrected chi connectivity index (χ3v) is 10.1. The quantitative estimate of drug-likeness (QED) is 0.300. The van der Waals surface area contributed by atoms with E-state index in [1.54, 1.807) is 79.7 Å². The minimum absolute atomic E-state index is 0.130. The van der Waals surface area contributed by atoms with Gasteiger partial charge in [0.25, 0.3) is 0 Å². The van der Waals surface area contributed by atoms with Crippen LogP contribution < -0.4 is 0 Å². The minimum atomic E-state index is -3.90. The molecule has 1 aromatic carbocycles. The predicted octanol–water partition coefficient (Wildman–Crippen LogP) is 7.29.